The molecule has 87 heavy (non-hydrogen) atoms. The number of carbonyl (C=O) groups excluding carboxylic acids is 2. The second-order valence-corrected chi connectivity index (χ2v) is 28.6. The number of esters is 1. The van der Waals surface area contributed by atoms with Gasteiger partial charge in [-0.25, -0.2) is 0 Å². The molecule has 0 aliphatic rings. The highest BCUT2D eigenvalue weighted by molar-refractivity contribution is 7.45. The Kier molecular flexibility index (Phi) is 65.3. The molecule has 0 saturated heterocycles. The summed E-state index contributed by atoms with van der Waals surface area (Å²) >= 11 is 0. The Morgan fingerprint density at radius 2 is 0.701 bits per heavy atom. The largest absolute Gasteiger partial charge is 0.756 e. The first-order valence-electron chi connectivity index (χ1n) is 37.9. The van der Waals surface area contributed by atoms with Gasteiger partial charge in [-0.1, -0.05) is 327 Å². The maximum atomic E-state index is 13.6. The minimum atomic E-state index is -4.70. The summed E-state index contributed by atoms with van der Waals surface area (Å²) < 4.78 is 30.5. The fourth-order valence-corrected chi connectivity index (χ4v) is 12.1. The monoisotopic (exact) mass is 1240 g/mol. The number of hydrogen-bond donors (Lipinski definition) is 1. The second kappa shape index (κ2) is 66.9. The van der Waals surface area contributed by atoms with Crippen molar-refractivity contribution >= 4 is 19.7 Å². The van der Waals surface area contributed by atoms with Crippen LogP contribution >= 0.6 is 7.82 Å². The Morgan fingerprint density at radius 1 is 0.402 bits per heavy atom. The van der Waals surface area contributed by atoms with Gasteiger partial charge < -0.3 is 28.5 Å². The minimum absolute atomic E-state index is 0.0205. The molecule has 0 saturated carbocycles. The number of nitrogens with one attached hydrogen (secondary N) is 1. The maximum absolute atomic E-state index is 13.6. The minimum Gasteiger partial charge on any atom is -0.756 e. The molecule has 0 rings (SSSR count). The van der Waals surface area contributed by atoms with Crippen LogP contribution in [0.1, 0.15) is 380 Å². The van der Waals surface area contributed by atoms with E-state index in [2.05, 4.69) is 62.5 Å². The first kappa shape index (κ1) is 85.0. The first-order valence-corrected chi connectivity index (χ1v) is 39.4. The molecule has 512 valence electrons. The molecule has 0 aromatic rings. The van der Waals surface area contributed by atoms with E-state index in [-0.39, 0.29) is 31.5 Å². The van der Waals surface area contributed by atoms with Gasteiger partial charge >= 0.3 is 5.97 Å². The molecular formula is C77H147N2O7P. The highest BCUT2D eigenvalue weighted by Gasteiger charge is 2.27. The van der Waals surface area contributed by atoms with E-state index in [0.717, 1.165) is 64.2 Å². The summed E-state index contributed by atoms with van der Waals surface area (Å²) in [6.45, 7) is 6.87. The number of ether oxygens (including phenoxy) is 1. The predicted molar refractivity (Wildman–Crippen MR) is 376 cm³/mol. The van der Waals surface area contributed by atoms with Crippen molar-refractivity contribution in [1.29, 1.82) is 0 Å². The molecule has 9 nitrogen and oxygen atoms in total. The summed E-state index contributed by atoms with van der Waals surface area (Å²) in [6, 6.07) is -0.887. The zero-order valence-electron chi connectivity index (χ0n) is 58.7. The highest BCUT2D eigenvalue weighted by atomic mass is 31.2. The fourth-order valence-electron chi connectivity index (χ4n) is 11.4. The van der Waals surface area contributed by atoms with Crippen LogP contribution < -0.4 is 10.2 Å². The van der Waals surface area contributed by atoms with Gasteiger partial charge in [0.1, 0.15) is 19.3 Å². The molecule has 3 atom stereocenters. The molecule has 0 aromatic heterocycles. The van der Waals surface area contributed by atoms with Crippen LogP contribution in [0.15, 0.2) is 48.6 Å². The van der Waals surface area contributed by atoms with Gasteiger partial charge in [0.05, 0.1) is 33.8 Å². The molecule has 0 aliphatic carbocycles. The third-order valence-electron chi connectivity index (χ3n) is 17.2. The van der Waals surface area contributed by atoms with Gasteiger partial charge in [-0.3, -0.25) is 14.2 Å². The molecule has 1 N–H and O–H groups in total. The van der Waals surface area contributed by atoms with E-state index in [1.165, 1.54) is 283 Å². The molecule has 0 bridgehead atoms. The first-order chi connectivity index (χ1) is 42.4. The number of carbonyl (C=O) groups is 2. The average molecular weight is 1240 g/mol. The number of quaternary nitrogens is 1. The normalized spacial score (nSPS) is 13.7. The lowest BCUT2D eigenvalue weighted by molar-refractivity contribution is -0.870. The summed E-state index contributed by atoms with van der Waals surface area (Å²) in [7, 11) is 1.20. The lowest BCUT2D eigenvalue weighted by atomic mass is 10.0. The number of hydrogen-bond acceptors (Lipinski definition) is 7. The van der Waals surface area contributed by atoms with E-state index >= 15 is 0 Å². The molecule has 0 heterocycles. The van der Waals surface area contributed by atoms with Crippen molar-refractivity contribution in [1.82, 2.24) is 5.32 Å². The van der Waals surface area contributed by atoms with Crippen molar-refractivity contribution in [3.8, 4) is 0 Å². The topological polar surface area (TPSA) is 114 Å². The number of likely N-dealkylation sites (N-methyl/N-ethyl adjacent to an activating group) is 1. The number of rotatable bonds is 70. The van der Waals surface area contributed by atoms with E-state index in [0.29, 0.717) is 17.4 Å². The second-order valence-electron chi connectivity index (χ2n) is 27.1. The smallest absolute Gasteiger partial charge is 0.306 e. The van der Waals surface area contributed by atoms with Crippen LogP contribution in [0.5, 0.6) is 0 Å². The van der Waals surface area contributed by atoms with E-state index in [9.17, 15) is 19.0 Å². The summed E-state index contributed by atoms with van der Waals surface area (Å²) in [5, 5.41) is 3.05. The van der Waals surface area contributed by atoms with Crippen molar-refractivity contribution in [2.75, 3.05) is 40.9 Å². The Labute approximate surface area is 541 Å². The molecular weight excluding hydrogens is 1100 g/mol. The maximum Gasteiger partial charge on any atom is 0.306 e. The van der Waals surface area contributed by atoms with Crippen LogP contribution in [0.3, 0.4) is 0 Å². The standard InChI is InChI=1S/C77H147N2O7P/c1-7-10-13-16-19-22-25-27-29-31-33-35-37-38-39-40-42-44-46-48-50-52-55-58-61-64-67-70-77(81)86-75(68-65-62-59-56-53-24-21-18-15-12-9-3)74(73-85-87(82,83)84-72-71-79(4,5)6)78-76(80)69-66-63-60-57-54-51-49-47-45-43-41-36-34-32-30-28-26-23-20-17-14-11-8-2/h20,23,27-30,65,68,74-75H,7-19,21-22,24-26,31-64,66-67,69-73H2,1-6H3,(H-,78,80,82,83)/b23-20-,29-27+,30-28-,68-65+. The van der Waals surface area contributed by atoms with Gasteiger partial charge in [0.2, 0.25) is 5.91 Å². The lowest BCUT2D eigenvalue weighted by Gasteiger charge is -2.30. The fraction of sp³-hybridized carbons (Fsp3) is 0.870. The lowest BCUT2D eigenvalue weighted by Crippen LogP contribution is -2.47. The highest BCUT2D eigenvalue weighted by Crippen LogP contribution is 2.38. The van der Waals surface area contributed by atoms with Crippen LogP contribution in [0.2, 0.25) is 0 Å². The quantitative estimate of drug-likeness (QED) is 0.0212. The van der Waals surface area contributed by atoms with Gasteiger partial charge in [-0.2, -0.15) is 0 Å². The van der Waals surface area contributed by atoms with Crippen LogP contribution in [0.25, 0.3) is 0 Å². The van der Waals surface area contributed by atoms with E-state index in [1.54, 1.807) is 0 Å². The average Bonchev–Trinajstić information content (AvgIpc) is 3.70. The van der Waals surface area contributed by atoms with E-state index < -0.39 is 20.0 Å². The van der Waals surface area contributed by atoms with Crippen molar-refractivity contribution in [2.24, 2.45) is 0 Å². The third-order valence-corrected chi connectivity index (χ3v) is 18.2. The van der Waals surface area contributed by atoms with Crippen molar-refractivity contribution in [3.63, 3.8) is 0 Å². The van der Waals surface area contributed by atoms with Crippen molar-refractivity contribution in [3.05, 3.63) is 48.6 Å². The summed E-state index contributed by atoms with van der Waals surface area (Å²) in [4.78, 5) is 40.2. The van der Waals surface area contributed by atoms with Crippen LogP contribution in [0.4, 0.5) is 0 Å². The number of phosphoric ester groups is 1. The Bertz CT molecular complexity index is 1620. The molecule has 1 amide bonds. The predicted octanol–water partition coefficient (Wildman–Crippen LogP) is 23.7. The van der Waals surface area contributed by atoms with Crippen molar-refractivity contribution in [2.45, 2.75) is 392 Å². The zero-order chi connectivity index (χ0) is 63.5. The van der Waals surface area contributed by atoms with Gasteiger partial charge in [-0.15, -0.1) is 0 Å². The number of unbranched alkanes of at least 4 members (excludes halogenated alkanes) is 48. The SMILES string of the molecule is CCCCC/C=C\C/C=C\CCCCCCCCCCCCCCCC(=O)NC(COP(=O)([O-])OCC[N+](C)(C)C)C(/C=C/CCCCCCCCCCC)OC(=O)CCCCCCCCCCCCCCCCCCC/C=C/CCCCCCCC. The Morgan fingerprint density at radius 3 is 1.07 bits per heavy atom. The van der Waals surface area contributed by atoms with Gasteiger partial charge in [0.25, 0.3) is 7.82 Å². The number of phosphoric acid groups is 1. The Hall–Kier alpha value is -2.03. The van der Waals surface area contributed by atoms with Gasteiger partial charge in [0, 0.05) is 12.8 Å². The molecule has 3 unspecified atom stereocenters. The van der Waals surface area contributed by atoms with Crippen molar-refractivity contribution < 1.29 is 37.3 Å². The number of nitrogens with zero attached hydrogens (tertiary/aromatic N) is 1. The number of amides is 1. The molecule has 0 aliphatic heterocycles. The van der Waals surface area contributed by atoms with Crippen LogP contribution in [0, 0.1) is 0 Å². The van der Waals surface area contributed by atoms with E-state index in [4.69, 9.17) is 13.8 Å². The molecule has 0 fully saturated rings. The molecule has 0 aromatic carbocycles. The number of allylic oxidation sites excluding steroid dienone is 7. The molecule has 0 radical (unpaired) electrons. The molecule has 0 spiro atoms. The van der Waals surface area contributed by atoms with Gasteiger partial charge in [-0.05, 0) is 89.5 Å². The summed E-state index contributed by atoms with van der Waals surface area (Å²) in [6.07, 6.45) is 85.4. The van der Waals surface area contributed by atoms with Crippen LogP contribution in [-0.2, 0) is 27.9 Å². The zero-order valence-corrected chi connectivity index (χ0v) is 59.6. The van der Waals surface area contributed by atoms with Crippen LogP contribution in [-0.4, -0.2) is 69.4 Å². The third kappa shape index (κ3) is 68.2. The summed E-state index contributed by atoms with van der Waals surface area (Å²) in [5.74, 6) is -0.523. The van der Waals surface area contributed by atoms with Gasteiger partial charge in [0.15, 0.2) is 0 Å². The van der Waals surface area contributed by atoms with E-state index in [1.807, 2.05) is 33.3 Å². The summed E-state index contributed by atoms with van der Waals surface area (Å²) in [5.41, 5.74) is 0. The Balaban J connectivity index is 4.90. The molecule has 10 heteroatoms.